The maximum Gasteiger partial charge on any atom is 0.501 e. The van der Waals surface area contributed by atoms with Crippen molar-refractivity contribution in [3.8, 4) is 0 Å². The Kier molecular flexibility index (Phi) is 4.40. The molecule has 0 aliphatic heterocycles. The molecule has 0 aliphatic carbocycles. The molecule has 0 amide bonds. The number of aromatic nitrogens is 2. The number of fused-ring (bicyclic) bond motifs is 1. The molecule has 0 fully saturated rings. The number of aromatic amines is 1. The summed E-state index contributed by atoms with van der Waals surface area (Å²) in [5.41, 5.74) is -5.03. The Labute approximate surface area is 148 Å². The van der Waals surface area contributed by atoms with Crippen molar-refractivity contribution in [3.05, 3.63) is 52.6 Å². The smallest absolute Gasteiger partial charge is 0.333 e. The summed E-state index contributed by atoms with van der Waals surface area (Å²) in [6, 6.07) is 8.98. The van der Waals surface area contributed by atoms with E-state index in [-0.39, 0.29) is 10.1 Å². The minimum absolute atomic E-state index is 0.0461. The molecular formula is C14H8F3N3O4S2. The number of nitrogens with one attached hydrogen (secondary N) is 1. The first kappa shape index (κ1) is 18.2. The Morgan fingerprint density at radius 1 is 1.15 bits per heavy atom. The number of nitro groups is 1. The second-order valence-corrected chi connectivity index (χ2v) is 7.97. The van der Waals surface area contributed by atoms with Gasteiger partial charge < -0.3 is 4.98 Å². The highest BCUT2D eigenvalue weighted by molar-refractivity contribution is 7.99. The maximum absolute atomic E-state index is 12.6. The number of halogens is 3. The summed E-state index contributed by atoms with van der Waals surface area (Å²) >= 11 is 0.811. The molecule has 26 heavy (non-hydrogen) atoms. The van der Waals surface area contributed by atoms with E-state index in [4.69, 9.17) is 0 Å². The van der Waals surface area contributed by atoms with Gasteiger partial charge in [0.2, 0.25) is 0 Å². The Morgan fingerprint density at radius 2 is 1.85 bits per heavy atom. The predicted octanol–water partition coefficient (Wildman–Crippen LogP) is 3.92. The topological polar surface area (TPSA) is 106 Å². The van der Waals surface area contributed by atoms with Gasteiger partial charge in [0.15, 0.2) is 5.16 Å². The van der Waals surface area contributed by atoms with Gasteiger partial charge in [0.25, 0.3) is 15.5 Å². The van der Waals surface area contributed by atoms with Crippen molar-refractivity contribution < 1.29 is 26.5 Å². The van der Waals surface area contributed by atoms with Crippen LogP contribution in [0.3, 0.4) is 0 Å². The molecular weight excluding hydrogens is 395 g/mol. The number of imidazole rings is 1. The number of nitrogens with zero attached hydrogens (tertiary/aromatic N) is 2. The summed E-state index contributed by atoms with van der Waals surface area (Å²) < 4.78 is 60.8. The fourth-order valence-corrected chi connectivity index (χ4v) is 3.78. The number of para-hydroxylation sites is 2. The van der Waals surface area contributed by atoms with E-state index in [0.29, 0.717) is 23.2 Å². The third-order valence-electron chi connectivity index (χ3n) is 3.32. The van der Waals surface area contributed by atoms with E-state index < -0.39 is 30.9 Å². The molecule has 7 nitrogen and oxygen atoms in total. The van der Waals surface area contributed by atoms with Gasteiger partial charge in [0.05, 0.1) is 25.7 Å². The molecule has 136 valence electrons. The molecule has 12 heteroatoms. The normalized spacial score (nSPS) is 12.4. The lowest BCUT2D eigenvalue weighted by molar-refractivity contribution is -0.388. The van der Waals surface area contributed by atoms with Crippen LogP contribution in [0.5, 0.6) is 0 Å². The van der Waals surface area contributed by atoms with Crippen LogP contribution < -0.4 is 0 Å². The Morgan fingerprint density at radius 3 is 2.46 bits per heavy atom. The number of hydrogen-bond acceptors (Lipinski definition) is 6. The molecule has 3 aromatic rings. The second-order valence-electron chi connectivity index (χ2n) is 5.00. The zero-order valence-corrected chi connectivity index (χ0v) is 14.2. The number of H-pyrrole nitrogens is 1. The zero-order chi connectivity index (χ0) is 19.1. The van der Waals surface area contributed by atoms with Crippen molar-refractivity contribution in [2.45, 2.75) is 20.5 Å². The monoisotopic (exact) mass is 403 g/mol. The molecule has 0 unspecified atom stereocenters. The van der Waals surface area contributed by atoms with E-state index in [0.717, 1.165) is 17.8 Å². The number of rotatable bonds is 4. The van der Waals surface area contributed by atoms with Gasteiger partial charge in [-0.2, -0.15) is 13.2 Å². The summed E-state index contributed by atoms with van der Waals surface area (Å²) in [4.78, 5) is 16.1. The highest BCUT2D eigenvalue weighted by Gasteiger charge is 2.47. The van der Waals surface area contributed by atoms with Gasteiger partial charge in [-0.15, -0.1) is 0 Å². The van der Waals surface area contributed by atoms with E-state index in [1.165, 1.54) is 0 Å². The van der Waals surface area contributed by atoms with Crippen LogP contribution in [-0.2, 0) is 9.84 Å². The van der Waals surface area contributed by atoms with Gasteiger partial charge in [0.1, 0.15) is 0 Å². The standard InChI is InChI=1S/C14H8F3N3O4S2/c15-14(16,17)26(23,24)8-5-6-12(11(7-8)20(21)22)25-13-18-9-3-1-2-4-10(9)19-13/h1-7H,(H,18,19). The third kappa shape index (κ3) is 3.24. The molecule has 1 aromatic heterocycles. The average Bonchev–Trinajstić information content (AvgIpc) is 2.96. The minimum Gasteiger partial charge on any atom is -0.333 e. The third-order valence-corrected chi connectivity index (χ3v) is 5.75. The predicted molar refractivity (Wildman–Crippen MR) is 86.6 cm³/mol. The van der Waals surface area contributed by atoms with Crippen molar-refractivity contribution in [3.63, 3.8) is 0 Å². The fourth-order valence-electron chi connectivity index (χ4n) is 2.11. The van der Waals surface area contributed by atoms with Crippen molar-refractivity contribution >= 4 is 38.3 Å². The lowest BCUT2D eigenvalue weighted by atomic mass is 10.3. The molecule has 3 rings (SSSR count). The average molecular weight is 403 g/mol. The molecule has 0 saturated heterocycles. The van der Waals surface area contributed by atoms with Crippen molar-refractivity contribution in [2.75, 3.05) is 0 Å². The van der Waals surface area contributed by atoms with Gasteiger partial charge in [-0.3, -0.25) is 10.1 Å². The molecule has 0 saturated carbocycles. The Hall–Kier alpha value is -2.60. The van der Waals surface area contributed by atoms with E-state index in [1.807, 2.05) is 0 Å². The van der Waals surface area contributed by atoms with Crippen LogP contribution in [-0.4, -0.2) is 28.8 Å². The van der Waals surface area contributed by atoms with Gasteiger partial charge in [0, 0.05) is 6.07 Å². The van der Waals surface area contributed by atoms with Gasteiger partial charge in [-0.05, 0) is 36.0 Å². The maximum atomic E-state index is 12.6. The second kappa shape index (κ2) is 6.29. The Balaban J connectivity index is 2.04. The molecule has 2 aromatic carbocycles. The number of hydrogen-bond donors (Lipinski definition) is 1. The van der Waals surface area contributed by atoms with E-state index in [2.05, 4.69) is 9.97 Å². The first-order valence-electron chi connectivity index (χ1n) is 6.82. The molecule has 1 heterocycles. The molecule has 0 bridgehead atoms. The lowest BCUT2D eigenvalue weighted by Gasteiger charge is -2.09. The molecule has 0 atom stereocenters. The molecule has 1 N–H and O–H groups in total. The van der Waals surface area contributed by atoms with Gasteiger partial charge >= 0.3 is 5.51 Å². The lowest BCUT2D eigenvalue weighted by Crippen LogP contribution is -2.23. The van der Waals surface area contributed by atoms with Crippen LogP contribution >= 0.6 is 11.8 Å². The number of alkyl halides is 3. The van der Waals surface area contributed by atoms with Crippen molar-refractivity contribution in [1.82, 2.24) is 9.97 Å². The minimum atomic E-state index is -5.68. The van der Waals surface area contributed by atoms with E-state index >= 15 is 0 Å². The van der Waals surface area contributed by atoms with E-state index in [9.17, 15) is 31.7 Å². The summed E-state index contributed by atoms with van der Waals surface area (Å²) in [5, 5.41) is 11.5. The van der Waals surface area contributed by atoms with Crippen LogP contribution in [0, 0.1) is 10.1 Å². The van der Waals surface area contributed by atoms with Crippen LogP contribution in [0.25, 0.3) is 11.0 Å². The van der Waals surface area contributed by atoms with Crippen LogP contribution in [0.2, 0.25) is 0 Å². The van der Waals surface area contributed by atoms with Crippen LogP contribution in [0.1, 0.15) is 0 Å². The van der Waals surface area contributed by atoms with Gasteiger partial charge in [-0.1, -0.05) is 12.1 Å². The quantitative estimate of drug-likeness (QED) is 0.523. The summed E-state index contributed by atoms with van der Waals surface area (Å²) in [6.07, 6.45) is 0. The van der Waals surface area contributed by atoms with Crippen LogP contribution in [0.4, 0.5) is 18.9 Å². The molecule has 0 spiro atoms. The van der Waals surface area contributed by atoms with Crippen molar-refractivity contribution in [2.24, 2.45) is 0 Å². The SMILES string of the molecule is O=[N+]([O-])c1cc(S(=O)(=O)C(F)(F)F)ccc1Sc1nc2ccccc2[nH]1. The first-order valence-corrected chi connectivity index (χ1v) is 9.12. The Bertz CT molecular complexity index is 1080. The molecule has 0 aliphatic rings. The highest BCUT2D eigenvalue weighted by Crippen LogP contribution is 2.38. The number of sulfone groups is 1. The number of nitro benzene ring substituents is 1. The summed E-state index contributed by atoms with van der Waals surface area (Å²) in [7, 11) is -5.68. The number of benzene rings is 2. The van der Waals surface area contributed by atoms with E-state index in [1.54, 1.807) is 24.3 Å². The van der Waals surface area contributed by atoms with Crippen LogP contribution in [0.15, 0.2) is 57.4 Å². The first-order chi connectivity index (χ1) is 12.1. The van der Waals surface area contributed by atoms with Crippen molar-refractivity contribution in [1.29, 1.82) is 0 Å². The van der Waals surface area contributed by atoms with Gasteiger partial charge in [-0.25, -0.2) is 13.4 Å². The fraction of sp³-hybridized carbons (Fsp3) is 0.0714. The summed E-state index contributed by atoms with van der Waals surface area (Å²) in [6.45, 7) is 0. The highest BCUT2D eigenvalue weighted by atomic mass is 32.2. The summed E-state index contributed by atoms with van der Waals surface area (Å²) in [5.74, 6) is 0. The largest absolute Gasteiger partial charge is 0.501 e. The molecule has 0 radical (unpaired) electrons. The zero-order valence-electron chi connectivity index (χ0n) is 12.5.